The van der Waals surface area contributed by atoms with Gasteiger partial charge in [0.25, 0.3) is 5.91 Å². The number of hydrogen-bond acceptors (Lipinski definition) is 6. The fraction of sp³-hybridized carbons (Fsp3) is 0.222. The van der Waals surface area contributed by atoms with Crippen LogP contribution in [-0.2, 0) is 10.0 Å². The lowest BCUT2D eigenvalue weighted by atomic mass is 10.0. The van der Waals surface area contributed by atoms with Gasteiger partial charge in [-0.2, -0.15) is 14.4 Å². The van der Waals surface area contributed by atoms with Gasteiger partial charge in [-0.3, -0.25) is 4.79 Å². The maximum atomic E-state index is 13.7. The van der Waals surface area contributed by atoms with Crippen LogP contribution in [0.1, 0.15) is 35.7 Å². The Bertz CT molecular complexity index is 1600. The van der Waals surface area contributed by atoms with Gasteiger partial charge in [0.2, 0.25) is 15.2 Å². The molecule has 1 aromatic heterocycles. The van der Waals surface area contributed by atoms with Crippen LogP contribution in [-0.4, -0.2) is 42.9 Å². The number of anilines is 1. The van der Waals surface area contributed by atoms with E-state index in [0.29, 0.717) is 29.7 Å². The maximum absolute atomic E-state index is 13.7. The van der Waals surface area contributed by atoms with Gasteiger partial charge in [0.15, 0.2) is 0 Å². The summed E-state index contributed by atoms with van der Waals surface area (Å²) in [5.41, 5.74) is 1.87. The summed E-state index contributed by atoms with van der Waals surface area (Å²) in [4.78, 5) is 18.5. The molecule has 5 rings (SSSR count). The average Bonchev–Trinajstić information content (AvgIpc) is 3.33. The Kier molecular flexibility index (Phi) is 8.11. The lowest BCUT2D eigenvalue weighted by Crippen LogP contribution is -2.37. The van der Waals surface area contributed by atoms with E-state index in [9.17, 15) is 13.2 Å². The Hall–Kier alpha value is -2.44. The van der Waals surface area contributed by atoms with Crippen molar-refractivity contribution >= 4 is 80.7 Å². The van der Waals surface area contributed by atoms with E-state index in [4.69, 9.17) is 0 Å². The van der Waals surface area contributed by atoms with Gasteiger partial charge >= 0.3 is 0 Å². The van der Waals surface area contributed by atoms with Crippen molar-refractivity contribution in [1.29, 1.82) is 0 Å². The molecule has 4 aromatic rings. The summed E-state index contributed by atoms with van der Waals surface area (Å²) in [6.07, 6.45) is 3.29. The molecule has 7 nitrogen and oxygen atoms in total. The lowest BCUT2D eigenvalue weighted by molar-refractivity contribution is 0.0987. The monoisotopic (exact) mass is 674 g/mol. The molecule has 11 heteroatoms. The van der Waals surface area contributed by atoms with Crippen LogP contribution >= 0.6 is 43.2 Å². The molecule has 1 aliphatic rings. The Morgan fingerprint density at radius 3 is 2.37 bits per heavy atom. The van der Waals surface area contributed by atoms with Crippen molar-refractivity contribution in [3.63, 3.8) is 0 Å². The van der Waals surface area contributed by atoms with Crippen LogP contribution in [0.3, 0.4) is 0 Å². The highest BCUT2D eigenvalue weighted by Gasteiger charge is 2.29. The molecule has 0 spiro atoms. The molecular weight excluding hydrogens is 652 g/mol. The lowest BCUT2D eigenvalue weighted by Gasteiger charge is -2.29. The summed E-state index contributed by atoms with van der Waals surface area (Å²) in [6.45, 7) is 3.16. The Morgan fingerprint density at radius 1 is 1.03 bits per heavy atom. The Morgan fingerprint density at radius 2 is 1.68 bits per heavy atom. The van der Waals surface area contributed by atoms with Crippen LogP contribution in [0, 0.1) is 5.92 Å². The van der Waals surface area contributed by atoms with E-state index < -0.39 is 15.9 Å². The highest BCUT2D eigenvalue weighted by Crippen LogP contribution is 2.32. The minimum atomic E-state index is -3.61. The molecule has 0 atom stereocenters. The van der Waals surface area contributed by atoms with Crippen molar-refractivity contribution in [2.24, 2.45) is 11.0 Å². The zero-order valence-electron chi connectivity index (χ0n) is 20.4. The summed E-state index contributed by atoms with van der Waals surface area (Å²) in [5.74, 6) is 0.112. The molecule has 0 bridgehead atoms. The summed E-state index contributed by atoms with van der Waals surface area (Å²) in [6, 6.07) is 19.3. The SMILES string of the molecule is CC1CCN(S(=O)(=O)c2ccc(C(=O)N(/N=C/c3ccc(Br)cc3)c3nc4ccc(Br)cc4s3)cc2)CC1. The quantitative estimate of drug-likeness (QED) is 0.164. The van der Waals surface area contributed by atoms with Crippen LogP contribution in [0.25, 0.3) is 10.2 Å². The van der Waals surface area contributed by atoms with Crippen molar-refractivity contribution < 1.29 is 13.2 Å². The molecule has 3 aromatic carbocycles. The molecular formula is C27H24Br2N4O3S2. The van der Waals surface area contributed by atoms with Gasteiger partial charge in [0.1, 0.15) is 0 Å². The third kappa shape index (κ3) is 5.91. The predicted molar refractivity (Wildman–Crippen MR) is 159 cm³/mol. The topological polar surface area (TPSA) is 82.9 Å². The third-order valence-electron chi connectivity index (χ3n) is 6.39. The van der Waals surface area contributed by atoms with Crippen LogP contribution in [0.4, 0.5) is 5.13 Å². The van der Waals surface area contributed by atoms with Crippen molar-refractivity contribution in [3.8, 4) is 0 Å². The second-order valence-corrected chi connectivity index (χ2v) is 13.9. The number of carbonyl (C=O) groups excluding carboxylic acids is 1. The van der Waals surface area contributed by atoms with Crippen LogP contribution in [0.5, 0.6) is 0 Å². The Balaban J connectivity index is 1.46. The molecule has 2 heterocycles. The molecule has 0 N–H and O–H groups in total. The largest absolute Gasteiger partial charge is 0.280 e. The first-order valence-corrected chi connectivity index (χ1v) is 15.9. The first kappa shape index (κ1) is 27.1. The standard InChI is InChI=1S/C27H24Br2N4O3S2/c1-18-12-14-32(15-13-18)38(35,36)23-9-4-20(5-10-23)26(34)33(30-17-19-2-6-21(28)7-3-19)27-31-24-11-8-22(29)16-25(24)37-27/h2-11,16-18H,12-15H2,1H3/b30-17+. The first-order chi connectivity index (χ1) is 18.2. The molecule has 1 saturated heterocycles. The number of halogens is 2. The number of piperidine rings is 1. The van der Waals surface area contributed by atoms with Gasteiger partial charge < -0.3 is 0 Å². The number of hydrazone groups is 1. The first-order valence-electron chi connectivity index (χ1n) is 12.0. The highest BCUT2D eigenvalue weighted by molar-refractivity contribution is 9.10. The van der Waals surface area contributed by atoms with E-state index in [1.165, 1.54) is 44.9 Å². The van der Waals surface area contributed by atoms with E-state index >= 15 is 0 Å². The van der Waals surface area contributed by atoms with Crippen LogP contribution in [0.15, 0.2) is 85.7 Å². The highest BCUT2D eigenvalue weighted by atomic mass is 79.9. The average molecular weight is 676 g/mol. The number of rotatable bonds is 6. The van der Waals surface area contributed by atoms with Crippen molar-refractivity contribution in [3.05, 3.63) is 86.8 Å². The molecule has 1 amide bonds. The summed E-state index contributed by atoms with van der Waals surface area (Å²) in [7, 11) is -3.61. The smallest absolute Gasteiger partial charge is 0.267 e. The van der Waals surface area contributed by atoms with Gasteiger partial charge in [-0.25, -0.2) is 13.4 Å². The summed E-state index contributed by atoms with van der Waals surface area (Å²) in [5, 5.41) is 6.17. The van der Waals surface area contributed by atoms with E-state index in [2.05, 4.69) is 48.9 Å². The number of amides is 1. The summed E-state index contributed by atoms with van der Waals surface area (Å²) < 4.78 is 30.5. The van der Waals surface area contributed by atoms with E-state index in [0.717, 1.165) is 37.6 Å². The predicted octanol–water partition coefficient (Wildman–Crippen LogP) is 6.92. The number of nitrogens with zero attached hydrogens (tertiary/aromatic N) is 4. The molecule has 0 unspecified atom stereocenters. The van der Waals surface area contributed by atoms with Crippen LogP contribution < -0.4 is 5.01 Å². The molecule has 0 radical (unpaired) electrons. The van der Waals surface area contributed by atoms with Crippen molar-refractivity contribution in [2.45, 2.75) is 24.7 Å². The molecule has 1 fully saturated rings. The van der Waals surface area contributed by atoms with E-state index in [1.807, 2.05) is 42.5 Å². The van der Waals surface area contributed by atoms with Gasteiger partial charge in [0.05, 0.1) is 21.3 Å². The number of fused-ring (bicyclic) bond motifs is 1. The Labute approximate surface area is 242 Å². The molecule has 0 aliphatic carbocycles. The number of hydrogen-bond donors (Lipinski definition) is 0. The number of thiazole rings is 1. The van der Waals surface area contributed by atoms with Gasteiger partial charge in [-0.15, -0.1) is 0 Å². The fourth-order valence-electron chi connectivity index (χ4n) is 4.10. The van der Waals surface area contributed by atoms with Gasteiger partial charge in [0, 0.05) is 27.6 Å². The molecule has 196 valence electrons. The van der Waals surface area contributed by atoms with Gasteiger partial charge in [-0.05, 0) is 78.9 Å². The fourth-order valence-corrected chi connectivity index (χ4v) is 7.31. The maximum Gasteiger partial charge on any atom is 0.280 e. The number of sulfonamides is 1. The van der Waals surface area contributed by atoms with Crippen molar-refractivity contribution in [1.82, 2.24) is 9.29 Å². The number of aromatic nitrogens is 1. The number of benzene rings is 3. The second-order valence-electron chi connectivity index (χ2n) is 9.13. The normalized spacial score (nSPS) is 15.3. The van der Waals surface area contributed by atoms with E-state index in [1.54, 1.807) is 6.21 Å². The minimum Gasteiger partial charge on any atom is -0.267 e. The minimum absolute atomic E-state index is 0.179. The second kappa shape index (κ2) is 11.4. The summed E-state index contributed by atoms with van der Waals surface area (Å²) >= 11 is 8.25. The zero-order valence-corrected chi connectivity index (χ0v) is 25.2. The zero-order chi connectivity index (χ0) is 26.9. The molecule has 0 saturated carbocycles. The van der Waals surface area contributed by atoms with Gasteiger partial charge in [-0.1, -0.05) is 62.3 Å². The molecule has 38 heavy (non-hydrogen) atoms. The number of carbonyl (C=O) groups is 1. The van der Waals surface area contributed by atoms with Crippen LogP contribution in [0.2, 0.25) is 0 Å². The molecule has 1 aliphatic heterocycles. The van der Waals surface area contributed by atoms with Crippen molar-refractivity contribution in [2.75, 3.05) is 18.1 Å². The third-order valence-corrected chi connectivity index (χ3v) is 10.3. The van der Waals surface area contributed by atoms with E-state index in [-0.39, 0.29) is 4.90 Å².